The van der Waals surface area contributed by atoms with Crippen molar-refractivity contribution in [3.63, 3.8) is 0 Å². The van der Waals surface area contributed by atoms with Gasteiger partial charge in [-0.2, -0.15) is 0 Å². The minimum absolute atomic E-state index is 0.187. The van der Waals surface area contributed by atoms with E-state index >= 15 is 0 Å². The first kappa shape index (κ1) is 16.5. The highest BCUT2D eigenvalue weighted by Crippen LogP contribution is 2.23. The van der Waals surface area contributed by atoms with E-state index in [4.69, 9.17) is 9.47 Å². The fraction of sp³-hybridized carbons (Fsp3) is 0.316. The molecule has 2 atom stereocenters. The molecular weight excluding hydrogens is 306 g/mol. The van der Waals surface area contributed by atoms with Gasteiger partial charge < -0.3 is 19.5 Å². The topological polar surface area (TPSA) is 59.0 Å². The van der Waals surface area contributed by atoms with Crippen molar-refractivity contribution in [3.8, 4) is 5.75 Å². The summed E-state index contributed by atoms with van der Waals surface area (Å²) in [5, 5.41) is 9.93. The zero-order chi connectivity index (χ0) is 16.9. The van der Waals surface area contributed by atoms with Crippen molar-refractivity contribution in [3.05, 3.63) is 65.7 Å². The SMILES string of the molecule is CN(C(=O)c1ccccc1OCc1ccccc1)[C@H]1COC[C@@H]1O. The van der Waals surface area contributed by atoms with Crippen LogP contribution in [0.1, 0.15) is 15.9 Å². The van der Waals surface area contributed by atoms with E-state index in [0.717, 1.165) is 5.56 Å². The summed E-state index contributed by atoms with van der Waals surface area (Å²) in [6.45, 7) is 0.995. The van der Waals surface area contributed by atoms with Crippen LogP contribution < -0.4 is 4.74 Å². The largest absolute Gasteiger partial charge is 0.488 e. The van der Waals surface area contributed by atoms with E-state index in [1.807, 2.05) is 36.4 Å². The summed E-state index contributed by atoms with van der Waals surface area (Å²) < 4.78 is 11.1. The molecule has 1 aliphatic rings. The Bertz CT molecular complexity index is 689. The van der Waals surface area contributed by atoms with E-state index in [2.05, 4.69) is 0 Å². The van der Waals surface area contributed by atoms with Crippen LogP contribution in [0.25, 0.3) is 0 Å². The quantitative estimate of drug-likeness (QED) is 0.914. The van der Waals surface area contributed by atoms with Crippen LogP contribution in [0.4, 0.5) is 0 Å². The van der Waals surface area contributed by atoms with Gasteiger partial charge in [0.15, 0.2) is 0 Å². The lowest BCUT2D eigenvalue weighted by Gasteiger charge is -2.26. The lowest BCUT2D eigenvalue weighted by atomic mass is 10.1. The van der Waals surface area contributed by atoms with Gasteiger partial charge in [-0.3, -0.25) is 4.79 Å². The second-order valence-electron chi connectivity index (χ2n) is 5.86. The summed E-state index contributed by atoms with van der Waals surface area (Å²) in [5.41, 5.74) is 1.52. The Hall–Kier alpha value is -2.37. The van der Waals surface area contributed by atoms with Crippen LogP contribution in [-0.2, 0) is 11.3 Å². The van der Waals surface area contributed by atoms with Crippen molar-refractivity contribution in [2.45, 2.75) is 18.8 Å². The first-order valence-electron chi connectivity index (χ1n) is 7.95. The number of carbonyl (C=O) groups is 1. The number of carbonyl (C=O) groups excluding carboxylic acids is 1. The van der Waals surface area contributed by atoms with Crippen LogP contribution in [0, 0.1) is 0 Å². The zero-order valence-corrected chi connectivity index (χ0v) is 13.6. The molecule has 1 fully saturated rings. The molecule has 3 rings (SSSR count). The number of aliphatic hydroxyl groups excluding tert-OH is 1. The number of rotatable bonds is 5. The first-order chi connectivity index (χ1) is 11.7. The molecule has 2 aromatic rings. The van der Waals surface area contributed by atoms with E-state index in [9.17, 15) is 9.90 Å². The molecule has 0 spiro atoms. The van der Waals surface area contributed by atoms with E-state index in [1.165, 1.54) is 4.90 Å². The Morgan fingerprint density at radius 1 is 1.17 bits per heavy atom. The Labute approximate surface area is 141 Å². The van der Waals surface area contributed by atoms with Crippen molar-refractivity contribution in [2.75, 3.05) is 20.3 Å². The average molecular weight is 327 g/mol. The first-order valence-corrected chi connectivity index (χ1v) is 7.95. The van der Waals surface area contributed by atoms with Crippen molar-refractivity contribution < 1.29 is 19.4 Å². The molecule has 0 saturated carbocycles. The molecule has 0 radical (unpaired) electrons. The highest BCUT2D eigenvalue weighted by molar-refractivity contribution is 5.97. The number of para-hydroxylation sites is 1. The third-order valence-electron chi connectivity index (χ3n) is 4.19. The molecule has 0 bridgehead atoms. The van der Waals surface area contributed by atoms with Gasteiger partial charge in [0.2, 0.25) is 0 Å². The highest BCUT2D eigenvalue weighted by Gasteiger charge is 2.33. The molecule has 1 heterocycles. The van der Waals surface area contributed by atoms with Gasteiger partial charge in [0.1, 0.15) is 12.4 Å². The number of likely N-dealkylation sites (N-methyl/N-ethyl adjacent to an activating group) is 1. The highest BCUT2D eigenvalue weighted by atomic mass is 16.5. The monoisotopic (exact) mass is 327 g/mol. The summed E-state index contributed by atoms with van der Waals surface area (Å²) in [5.74, 6) is 0.347. The molecule has 5 heteroatoms. The normalized spacial score (nSPS) is 19.9. The fourth-order valence-electron chi connectivity index (χ4n) is 2.75. The van der Waals surface area contributed by atoms with Crippen molar-refractivity contribution >= 4 is 5.91 Å². The molecule has 1 aliphatic heterocycles. The molecule has 0 aromatic heterocycles. The summed E-state index contributed by atoms with van der Waals surface area (Å²) >= 11 is 0. The Morgan fingerprint density at radius 3 is 2.58 bits per heavy atom. The van der Waals surface area contributed by atoms with Gasteiger partial charge in [-0.15, -0.1) is 0 Å². The number of amides is 1. The number of hydrogen-bond donors (Lipinski definition) is 1. The predicted octanol–water partition coefficient (Wildman–Crippen LogP) is 2.10. The Balaban J connectivity index is 1.74. The summed E-state index contributed by atoms with van der Waals surface area (Å²) in [4.78, 5) is 14.3. The minimum Gasteiger partial charge on any atom is -0.488 e. The summed E-state index contributed by atoms with van der Waals surface area (Å²) in [6, 6.07) is 16.6. The average Bonchev–Trinajstić information content (AvgIpc) is 3.06. The van der Waals surface area contributed by atoms with Crippen molar-refractivity contribution in [2.24, 2.45) is 0 Å². The maximum absolute atomic E-state index is 12.8. The van der Waals surface area contributed by atoms with Crippen molar-refractivity contribution in [1.82, 2.24) is 4.90 Å². The van der Waals surface area contributed by atoms with Crippen LogP contribution in [-0.4, -0.2) is 48.3 Å². The van der Waals surface area contributed by atoms with Crippen molar-refractivity contribution in [1.29, 1.82) is 0 Å². The van der Waals surface area contributed by atoms with Crippen LogP contribution in [0.2, 0.25) is 0 Å². The Morgan fingerprint density at radius 2 is 1.88 bits per heavy atom. The molecule has 24 heavy (non-hydrogen) atoms. The van der Waals surface area contributed by atoms with Gasteiger partial charge in [0, 0.05) is 7.05 Å². The summed E-state index contributed by atoms with van der Waals surface area (Å²) in [6.07, 6.45) is -0.656. The van der Waals surface area contributed by atoms with E-state index < -0.39 is 6.10 Å². The van der Waals surface area contributed by atoms with Gasteiger partial charge in [-0.1, -0.05) is 42.5 Å². The number of hydrogen-bond acceptors (Lipinski definition) is 4. The third kappa shape index (κ3) is 3.58. The van der Waals surface area contributed by atoms with Gasteiger partial charge in [0.05, 0.1) is 30.9 Å². The lowest BCUT2D eigenvalue weighted by Crippen LogP contribution is -2.44. The van der Waals surface area contributed by atoms with Crippen LogP contribution in [0.5, 0.6) is 5.75 Å². The van der Waals surface area contributed by atoms with Crippen LogP contribution in [0.15, 0.2) is 54.6 Å². The number of benzene rings is 2. The second-order valence-corrected chi connectivity index (χ2v) is 5.86. The summed E-state index contributed by atoms with van der Waals surface area (Å²) in [7, 11) is 1.68. The molecular formula is C19H21NO4. The van der Waals surface area contributed by atoms with E-state index in [1.54, 1.807) is 25.2 Å². The molecule has 5 nitrogen and oxygen atoms in total. The molecule has 1 amide bonds. The van der Waals surface area contributed by atoms with E-state index in [-0.39, 0.29) is 18.6 Å². The molecule has 0 aliphatic carbocycles. The molecule has 2 aromatic carbocycles. The maximum atomic E-state index is 12.8. The Kier molecular flexibility index (Phi) is 5.13. The van der Waals surface area contributed by atoms with E-state index in [0.29, 0.717) is 24.5 Å². The number of nitrogens with zero attached hydrogens (tertiary/aromatic N) is 1. The lowest BCUT2D eigenvalue weighted by molar-refractivity contribution is 0.0577. The van der Waals surface area contributed by atoms with Gasteiger partial charge in [-0.05, 0) is 17.7 Å². The fourth-order valence-corrected chi connectivity index (χ4v) is 2.75. The van der Waals surface area contributed by atoms with Gasteiger partial charge >= 0.3 is 0 Å². The number of ether oxygens (including phenoxy) is 2. The third-order valence-corrected chi connectivity index (χ3v) is 4.19. The standard InChI is InChI=1S/C19H21NO4/c1-20(16-12-23-13-17(16)21)19(22)15-9-5-6-10-18(15)24-11-14-7-3-2-4-8-14/h2-10,16-17,21H,11-13H2,1H3/t16-,17-/m0/s1. The minimum atomic E-state index is -0.656. The van der Waals surface area contributed by atoms with Crippen LogP contribution in [0.3, 0.4) is 0 Å². The second kappa shape index (κ2) is 7.47. The maximum Gasteiger partial charge on any atom is 0.257 e. The molecule has 0 unspecified atom stereocenters. The smallest absolute Gasteiger partial charge is 0.257 e. The molecule has 126 valence electrons. The zero-order valence-electron chi connectivity index (χ0n) is 13.6. The van der Waals surface area contributed by atoms with Crippen LogP contribution >= 0.6 is 0 Å². The van der Waals surface area contributed by atoms with Gasteiger partial charge in [-0.25, -0.2) is 0 Å². The predicted molar refractivity (Wildman–Crippen MR) is 89.9 cm³/mol. The van der Waals surface area contributed by atoms with Gasteiger partial charge in [0.25, 0.3) is 5.91 Å². The molecule has 1 N–H and O–H groups in total. The number of aliphatic hydroxyl groups is 1. The molecule has 1 saturated heterocycles.